The van der Waals surface area contributed by atoms with Gasteiger partial charge >= 0.3 is 0 Å². The van der Waals surface area contributed by atoms with E-state index < -0.39 is 0 Å². The van der Waals surface area contributed by atoms with Crippen LogP contribution in [0.15, 0.2) is 84.5 Å². The molecule has 0 amide bonds. The lowest BCUT2D eigenvalue weighted by Gasteiger charge is -2.19. The Hall–Kier alpha value is -2.38. The van der Waals surface area contributed by atoms with Crippen molar-refractivity contribution < 1.29 is 0 Å². The number of rotatable bonds is 1. The van der Waals surface area contributed by atoms with Crippen molar-refractivity contribution in [2.45, 2.75) is 6.42 Å². The normalized spacial score (nSPS) is 19.4. The van der Waals surface area contributed by atoms with Gasteiger partial charge in [0.05, 0.1) is 0 Å². The molecule has 0 aliphatic heterocycles. The highest BCUT2D eigenvalue weighted by Gasteiger charge is 2.33. The molecule has 2 unspecified atom stereocenters. The summed E-state index contributed by atoms with van der Waals surface area (Å²) in [5, 5.41) is 1.43. The van der Waals surface area contributed by atoms with E-state index in [1.165, 1.54) is 26.1 Å². The molecule has 5 rings (SSSR count). The van der Waals surface area contributed by atoms with E-state index in [4.69, 9.17) is 0 Å². The lowest BCUT2D eigenvalue weighted by Crippen LogP contribution is -2.10. The first-order valence-electron chi connectivity index (χ1n) is 8.10. The molecule has 0 spiro atoms. The molecule has 0 saturated heterocycles. The van der Waals surface area contributed by atoms with Crippen LogP contribution in [0.1, 0.15) is 10.4 Å². The minimum atomic E-state index is 0.0798. The van der Waals surface area contributed by atoms with Gasteiger partial charge in [0.2, 0.25) is 0 Å². The minimum absolute atomic E-state index is 0.0798. The molecular formula is C22H17S+. The fourth-order valence-corrected chi connectivity index (χ4v) is 6.33. The van der Waals surface area contributed by atoms with Crippen molar-refractivity contribution >= 4 is 26.6 Å². The van der Waals surface area contributed by atoms with Crippen molar-refractivity contribution in [3.63, 3.8) is 0 Å². The summed E-state index contributed by atoms with van der Waals surface area (Å²) in [5.41, 5.74) is 2.93. The molecule has 2 aliphatic rings. The van der Waals surface area contributed by atoms with E-state index in [9.17, 15) is 0 Å². The number of hydrogen-bond donors (Lipinski definition) is 0. The Morgan fingerprint density at radius 1 is 0.870 bits per heavy atom. The molecule has 23 heavy (non-hydrogen) atoms. The fourth-order valence-electron chi connectivity index (χ4n) is 3.74. The van der Waals surface area contributed by atoms with Gasteiger partial charge in [0.15, 0.2) is 14.5 Å². The first-order valence-corrected chi connectivity index (χ1v) is 9.32. The van der Waals surface area contributed by atoms with E-state index in [1.807, 2.05) is 0 Å². The maximum Gasteiger partial charge on any atom is 0.187 e. The highest BCUT2D eigenvalue weighted by molar-refractivity contribution is 7.45. The topological polar surface area (TPSA) is 0 Å². The summed E-state index contributed by atoms with van der Waals surface area (Å²) in [7, 11) is 0.0798. The van der Waals surface area contributed by atoms with E-state index >= 15 is 0 Å². The average Bonchev–Trinajstić information content (AvgIpc) is 2.94. The largest absolute Gasteiger partial charge is 0.187 e. The van der Waals surface area contributed by atoms with Gasteiger partial charge in [0.25, 0.3) is 0 Å². The summed E-state index contributed by atoms with van der Waals surface area (Å²) >= 11 is 0. The van der Waals surface area contributed by atoms with Gasteiger partial charge in [0, 0.05) is 33.8 Å². The molecule has 0 nitrogen and oxygen atoms in total. The Morgan fingerprint density at radius 3 is 2.61 bits per heavy atom. The zero-order chi connectivity index (χ0) is 15.2. The summed E-state index contributed by atoms with van der Waals surface area (Å²) in [6.07, 6.45) is 12.6. The SMILES string of the molecule is C1=CC2=Cc3c([s+](-c4ccccc4)c4ccccc34)CC2C=C1. The van der Waals surface area contributed by atoms with Crippen molar-refractivity contribution in [3.8, 4) is 4.90 Å². The number of thiophene rings is 1. The zero-order valence-electron chi connectivity index (χ0n) is 12.8. The van der Waals surface area contributed by atoms with Crippen molar-refractivity contribution in [3.05, 3.63) is 94.9 Å². The Labute approximate surface area is 139 Å². The molecule has 2 aromatic carbocycles. The van der Waals surface area contributed by atoms with Crippen LogP contribution in [-0.4, -0.2) is 0 Å². The van der Waals surface area contributed by atoms with Gasteiger partial charge in [-0.1, -0.05) is 54.6 Å². The predicted octanol–water partition coefficient (Wildman–Crippen LogP) is 6.26. The zero-order valence-corrected chi connectivity index (χ0v) is 13.6. The third-order valence-electron chi connectivity index (χ3n) is 4.81. The minimum Gasteiger partial charge on any atom is -0.0765 e. The third kappa shape index (κ3) is 1.97. The standard InChI is InChI=1S/C22H17S/c1-2-10-18(11-3-1)23-21-13-7-6-12-19(21)20-14-16-8-4-5-9-17(16)15-22(20)23/h1-14,17H,15H2/q+1. The van der Waals surface area contributed by atoms with E-state index in [-0.39, 0.29) is 10.5 Å². The summed E-state index contributed by atoms with van der Waals surface area (Å²) in [4.78, 5) is 3.06. The molecule has 0 fully saturated rings. The summed E-state index contributed by atoms with van der Waals surface area (Å²) in [6, 6.07) is 20.0. The molecule has 3 aromatic rings. The molecule has 1 heterocycles. The molecule has 1 aromatic heterocycles. The lowest BCUT2D eigenvalue weighted by atomic mass is 9.84. The third-order valence-corrected chi connectivity index (χ3v) is 7.23. The molecule has 110 valence electrons. The number of fused-ring (bicyclic) bond motifs is 4. The molecule has 2 atom stereocenters. The molecular weight excluding hydrogens is 296 g/mol. The first kappa shape index (κ1) is 13.1. The molecule has 0 N–H and O–H groups in total. The molecule has 0 saturated carbocycles. The van der Waals surface area contributed by atoms with E-state index in [1.54, 1.807) is 4.88 Å². The Morgan fingerprint density at radius 2 is 1.70 bits per heavy atom. The summed E-state index contributed by atoms with van der Waals surface area (Å²) in [5.74, 6) is 0.548. The van der Waals surface area contributed by atoms with Gasteiger partial charge in [0.1, 0.15) is 0 Å². The van der Waals surface area contributed by atoms with E-state index in [0.717, 1.165) is 6.42 Å². The second kappa shape index (κ2) is 5.07. The Kier molecular flexibility index (Phi) is 2.89. The van der Waals surface area contributed by atoms with Crippen LogP contribution in [0.5, 0.6) is 0 Å². The van der Waals surface area contributed by atoms with E-state index in [2.05, 4.69) is 85.0 Å². The predicted molar refractivity (Wildman–Crippen MR) is 101 cm³/mol. The monoisotopic (exact) mass is 313 g/mol. The second-order valence-corrected chi connectivity index (χ2v) is 8.17. The highest BCUT2D eigenvalue weighted by atomic mass is 32.2. The van der Waals surface area contributed by atoms with Crippen molar-refractivity contribution in [2.24, 2.45) is 5.92 Å². The Balaban J connectivity index is 1.85. The van der Waals surface area contributed by atoms with Crippen LogP contribution in [0.2, 0.25) is 0 Å². The maximum absolute atomic E-state index is 2.43. The Bertz CT molecular complexity index is 983. The van der Waals surface area contributed by atoms with E-state index in [0.29, 0.717) is 5.92 Å². The van der Waals surface area contributed by atoms with Crippen LogP contribution >= 0.6 is 10.5 Å². The fraction of sp³-hybridized carbons (Fsp3) is 0.0909. The van der Waals surface area contributed by atoms with Gasteiger partial charge in [-0.15, -0.1) is 0 Å². The molecule has 0 bridgehead atoms. The quantitative estimate of drug-likeness (QED) is 0.465. The smallest absolute Gasteiger partial charge is 0.0765 e. The maximum atomic E-state index is 2.43. The van der Waals surface area contributed by atoms with Crippen LogP contribution < -0.4 is 0 Å². The van der Waals surface area contributed by atoms with Crippen LogP contribution in [-0.2, 0) is 6.42 Å². The van der Waals surface area contributed by atoms with Crippen molar-refractivity contribution in [1.29, 1.82) is 0 Å². The average molecular weight is 313 g/mol. The number of hydrogen-bond acceptors (Lipinski definition) is 0. The van der Waals surface area contributed by atoms with Gasteiger partial charge < -0.3 is 0 Å². The second-order valence-electron chi connectivity index (χ2n) is 6.15. The number of benzene rings is 2. The summed E-state index contributed by atoms with van der Waals surface area (Å²) in [6.45, 7) is 0. The van der Waals surface area contributed by atoms with Crippen LogP contribution in [0, 0.1) is 5.92 Å². The lowest BCUT2D eigenvalue weighted by molar-refractivity contribution is 0.771. The first-order chi connectivity index (χ1) is 11.4. The van der Waals surface area contributed by atoms with Gasteiger partial charge in [-0.25, -0.2) is 0 Å². The van der Waals surface area contributed by atoms with Crippen molar-refractivity contribution in [2.75, 3.05) is 0 Å². The highest BCUT2D eigenvalue weighted by Crippen LogP contribution is 2.51. The van der Waals surface area contributed by atoms with Crippen LogP contribution in [0.25, 0.3) is 21.1 Å². The van der Waals surface area contributed by atoms with Gasteiger partial charge in [-0.3, -0.25) is 0 Å². The van der Waals surface area contributed by atoms with Gasteiger partial charge in [-0.05, 0) is 35.9 Å². The number of allylic oxidation sites excluding steroid dienone is 5. The molecule has 1 heteroatoms. The van der Waals surface area contributed by atoms with Crippen LogP contribution in [0.4, 0.5) is 0 Å². The molecule has 0 radical (unpaired) electrons. The summed E-state index contributed by atoms with van der Waals surface area (Å²) < 4.78 is 1.49. The van der Waals surface area contributed by atoms with Crippen molar-refractivity contribution in [1.82, 2.24) is 0 Å². The van der Waals surface area contributed by atoms with Gasteiger partial charge in [-0.2, -0.15) is 0 Å². The molecule has 2 aliphatic carbocycles. The van der Waals surface area contributed by atoms with Crippen LogP contribution in [0.3, 0.4) is 0 Å².